The third-order valence-electron chi connectivity index (χ3n) is 6.58. The minimum absolute atomic E-state index is 0.0306. The minimum Gasteiger partial charge on any atom is -0.507 e. The Morgan fingerprint density at radius 2 is 1.92 bits per heavy atom. The maximum Gasteiger partial charge on any atom is 0.301 e. The van der Waals surface area contributed by atoms with Gasteiger partial charge in [-0.05, 0) is 66.6 Å². The van der Waals surface area contributed by atoms with E-state index < -0.39 is 28.5 Å². The normalized spacial score (nSPS) is 20.1. The van der Waals surface area contributed by atoms with Gasteiger partial charge in [0.15, 0.2) is 5.13 Å². The standard InChI is InChI=1S/C27H18FN3O6S/c1-13-10-16-11-15(4-9-20(16)37-13)24(32)22-23(14-2-6-18(7-3-14)31(35)36)30(26(34)25(22)33)27-29-19-8-5-17(28)12-21(19)38-27/h2-9,11-13,23,32H,10H2,1H3/t13-,23+/m1/s1. The van der Waals surface area contributed by atoms with Crippen LogP contribution in [0.3, 0.4) is 0 Å². The summed E-state index contributed by atoms with van der Waals surface area (Å²) in [5, 5.41) is 22.7. The molecule has 0 spiro atoms. The van der Waals surface area contributed by atoms with Crippen molar-refractivity contribution in [2.24, 2.45) is 0 Å². The summed E-state index contributed by atoms with van der Waals surface area (Å²) in [6, 6.07) is 13.3. The van der Waals surface area contributed by atoms with Crippen LogP contribution in [0.1, 0.15) is 29.7 Å². The Bertz CT molecular complexity index is 1700. The van der Waals surface area contributed by atoms with Crippen LogP contribution in [0, 0.1) is 15.9 Å². The molecule has 2 aliphatic rings. The lowest BCUT2D eigenvalue weighted by Gasteiger charge is -2.23. The Labute approximate surface area is 218 Å². The molecule has 1 N–H and O–H groups in total. The quantitative estimate of drug-likeness (QED) is 0.125. The average Bonchev–Trinajstić information content (AvgIpc) is 3.55. The molecule has 1 saturated heterocycles. The Morgan fingerprint density at radius 1 is 1.16 bits per heavy atom. The van der Waals surface area contributed by atoms with Crippen molar-refractivity contribution in [2.75, 3.05) is 4.90 Å². The molecule has 0 bridgehead atoms. The van der Waals surface area contributed by atoms with Crippen LogP contribution >= 0.6 is 11.3 Å². The second-order valence-corrected chi connectivity index (χ2v) is 10.1. The van der Waals surface area contributed by atoms with Gasteiger partial charge in [0.25, 0.3) is 11.5 Å². The predicted molar refractivity (Wildman–Crippen MR) is 138 cm³/mol. The number of thiazole rings is 1. The van der Waals surface area contributed by atoms with Gasteiger partial charge in [-0.1, -0.05) is 11.3 Å². The number of fused-ring (bicyclic) bond motifs is 2. The summed E-state index contributed by atoms with van der Waals surface area (Å²) in [6.45, 7) is 1.92. The van der Waals surface area contributed by atoms with Crippen LogP contribution in [0.25, 0.3) is 16.0 Å². The molecule has 0 saturated carbocycles. The fourth-order valence-corrected chi connectivity index (χ4v) is 5.85. The topological polar surface area (TPSA) is 123 Å². The molecule has 1 amide bonds. The fourth-order valence-electron chi connectivity index (χ4n) is 4.84. The van der Waals surface area contributed by atoms with E-state index in [1.807, 2.05) is 6.92 Å². The van der Waals surface area contributed by atoms with Crippen molar-refractivity contribution < 1.29 is 28.7 Å². The van der Waals surface area contributed by atoms with Gasteiger partial charge in [-0.2, -0.15) is 0 Å². The number of benzene rings is 3. The molecule has 0 unspecified atom stereocenters. The largest absolute Gasteiger partial charge is 0.507 e. The number of carbonyl (C=O) groups excluding carboxylic acids is 2. The van der Waals surface area contributed by atoms with Crippen molar-refractivity contribution in [1.29, 1.82) is 0 Å². The zero-order valence-corrected chi connectivity index (χ0v) is 20.6. The monoisotopic (exact) mass is 531 g/mol. The first-order valence-corrected chi connectivity index (χ1v) is 12.4. The fraction of sp³-hybridized carbons (Fsp3) is 0.148. The third kappa shape index (κ3) is 3.79. The number of nitro benzene ring substituents is 1. The van der Waals surface area contributed by atoms with Gasteiger partial charge in [0, 0.05) is 24.1 Å². The first kappa shape index (κ1) is 23.7. The van der Waals surface area contributed by atoms with Crippen molar-refractivity contribution in [3.05, 3.63) is 98.9 Å². The molecule has 9 nitrogen and oxygen atoms in total. The number of nitrogens with zero attached hydrogens (tertiary/aromatic N) is 3. The number of aliphatic hydroxyl groups excluding tert-OH is 1. The number of hydrogen-bond acceptors (Lipinski definition) is 8. The van der Waals surface area contributed by atoms with Gasteiger partial charge in [0.1, 0.15) is 23.4 Å². The number of rotatable bonds is 4. The van der Waals surface area contributed by atoms with Gasteiger partial charge in [-0.15, -0.1) is 0 Å². The molecule has 0 aliphatic carbocycles. The zero-order valence-electron chi connectivity index (χ0n) is 19.8. The summed E-state index contributed by atoms with van der Waals surface area (Å²) in [6.07, 6.45) is 0.593. The zero-order chi connectivity index (χ0) is 26.7. The second kappa shape index (κ2) is 8.73. The molecule has 3 heterocycles. The molecule has 6 rings (SSSR count). The Morgan fingerprint density at radius 3 is 2.66 bits per heavy atom. The summed E-state index contributed by atoms with van der Waals surface area (Å²) in [7, 11) is 0. The maximum absolute atomic E-state index is 13.8. The Kier molecular flexibility index (Phi) is 5.46. The highest BCUT2D eigenvalue weighted by atomic mass is 32.1. The molecule has 1 fully saturated rings. The molecular weight excluding hydrogens is 513 g/mol. The summed E-state index contributed by atoms with van der Waals surface area (Å²) >= 11 is 1.02. The van der Waals surface area contributed by atoms with E-state index in [4.69, 9.17) is 4.74 Å². The number of ether oxygens (including phenoxy) is 1. The van der Waals surface area contributed by atoms with Gasteiger partial charge in [-0.25, -0.2) is 9.37 Å². The summed E-state index contributed by atoms with van der Waals surface area (Å²) in [4.78, 5) is 43.0. The Hall–Kier alpha value is -4.64. The predicted octanol–water partition coefficient (Wildman–Crippen LogP) is 5.29. The van der Waals surface area contributed by atoms with Crippen molar-refractivity contribution in [3.63, 3.8) is 0 Å². The van der Waals surface area contributed by atoms with Gasteiger partial charge in [0.05, 0.1) is 26.8 Å². The lowest BCUT2D eigenvalue weighted by molar-refractivity contribution is -0.384. The number of carbonyl (C=O) groups is 2. The van der Waals surface area contributed by atoms with Gasteiger partial charge in [-0.3, -0.25) is 24.6 Å². The molecule has 190 valence electrons. The van der Waals surface area contributed by atoms with E-state index in [1.165, 1.54) is 42.5 Å². The van der Waals surface area contributed by atoms with Crippen molar-refractivity contribution >= 4 is 49.8 Å². The number of anilines is 1. The van der Waals surface area contributed by atoms with Gasteiger partial charge < -0.3 is 9.84 Å². The molecule has 2 atom stereocenters. The summed E-state index contributed by atoms with van der Waals surface area (Å²) in [5.74, 6) is -2.03. The van der Waals surface area contributed by atoms with Crippen molar-refractivity contribution in [2.45, 2.75) is 25.5 Å². The molecule has 2 aliphatic heterocycles. The molecule has 11 heteroatoms. The minimum atomic E-state index is -1.12. The highest BCUT2D eigenvalue weighted by Gasteiger charge is 2.48. The van der Waals surface area contributed by atoms with Crippen LogP contribution in [-0.4, -0.2) is 32.8 Å². The molecule has 4 aromatic rings. The number of ketones is 1. The number of amides is 1. The van der Waals surface area contributed by atoms with E-state index >= 15 is 0 Å². The first-order valence-electron chi connectivity index (χ1n) is 11.6. The van der Waals surface area contributed by atoms with Crippen molar-refractivity contribution in [3.8, 4) is 5.75 Å². The van der Waals surface area contributed by atoms with E-state index in [0.717, 1.165) is 21.8 Å². The molecule has 1 aromatic heterocycles. The smallest absolute Gasteiger partial charge is 0.301 e. The van der Waals surface area contributed by atoms with E-state index in [9.17, 15) is 29.2 Å². The van der Waals surface area contributed by atoms with E-state index in [0.29, 0.717) is 33.5 Å². The van der Waals surface area contributed by atoms with E-state index in [2.05, 4.69) is 4.98 Å². The van der Waals surface area contributed by atoms with Crippen LogP contribution in [-0.2, 0) is 16.0 Å². The number of halogens is 1. The number of aliphatic hydroxyl groups is 1. The average molecular weight is 532 g/mol. The summed E-state index contributed by atoms with van der Waals surface area (Å²) in [5.41, 5.74) is 1.63. The van der Waals surface area contributed by atoms with Crippen LogP contribution in [0.4, 0.5) is 15.2 Å². The van der Waals surface area contributed by atoms with Gasteiger partial charge in [0.2, 0.25) is 0 Å². The SMILES string of the molecule is C[C@@H]1Cc2cc(C(O)=C3C(=O)C(=O)N(c4nc5ccc(F)cc5s4)[C@H]3c3ccc([N+](=O)[O-])cc3)ccc2O1. The lowest BCUT2D eigenvalue weighted by Crippen LogP contribution is -2.29. The molecule has 3 aromatic carbocycles. The number of hydrogen-bond donors (Lipinski definition) is 1. The first-order chi connectivity index (χ1) is 18.2. The summed E-state index contributed by atoms with van der Waals surface area (Å²) < 4.78 is 20.0. The number of nitro groups is 1. The van der Waals surface area contributed by atoms with Crippen LogP contribution in [0.15, 0.2) is 66.2 Å². The number of aromatic nitrogens is 1. The second-order valence-electron chi connectivity index (χ2n) is 9.08. The van der Waals surface area contributed by atoms with E-state index in [-0.39, 0.29) is 28.3 Å². The highest BCUT2D eigenvalue weighted by molar-refractivity contribution is 7.22. The lowest BCUT2D eigenvalue weighted by atomic mass is 9.94. The Balaban J connectivity index is 1.53. The molecule has 38 heavy (non-hydrogen) atoms. The van der Waals surface area contributed by atoms with Crippen LogP contribution in [0.5, 0.6) is 5.75 Å². The van der Waals surface area contributed by atoms with Crippen molar-refractivity contribution in [1.82, 2.24) is 4.98 Å². The molecule has 0 radical (unpaired) electrons. The maximum atomic E-state index is 13.8. The van der Waals surface area contributed by atoms with Gasteiger partial charge >= 0.3 is 5.91 Å². The number of non-ortho nitro benzene ring substituents is 1. The third-order valence-corrected chi connectivity index (χ3v) is 7.60. The molecular formula is C27H18FN3O6S. The highest BCUT2D eigenvalue weighted by Crippen LogP contribution is 2.45. The van der Waals surface area contributed by atoms with Crippen LogP contribution < -0.4 is 9.64 Å². The van der Waals surface area contributed by atoms with Crippen LogP contribution in [0.2, 0.25) is 0 Å². The van der Waals surface area contributed by atoms with E-state index in [1.54, 1.807) is 18.2 Å². The number of Topliss-reactive ketones (excluding diaryl/α,β-unsaturated/α-hetero) is 1.